The molecule has 1 unspecified atom stereocenters. The Labute approximate surface area is 123 Å². The molecule has 1 N–H and O–H groups in total. The number of hydrogen-bond acceptors (Lipinski definition) is 3. The van der Waals surface area contributed by atoms with E-state index in [9.17, 15) is 0 Å². The van der Waals surface area contributed by atoms with Crippen LogP contribution in [0.2, 0.25) is 0 Å². The normalized spacial score (nSPS) is 20.7. The molecule has 4 heteroatoms. The van der Waals surface area contributed by atoms with Gasteiger partial charge >= 0.3 is 0 Å². The van der Waals surface area contributed by atoms with E-state index in [1.54, 1.807) is 0 Å². The average Bonchev–Trinajstić information content (AvgIpc) is 2.89. The third kappa shape index (κ3) is 4.06. The highest BCUT2D eigenvalue weighted by molar-refractivity contribution is 5.00. The van der Waals surface area contributed by atoms with Gasteiger partial charge in [0.05, 0.1) is 11.7 Å². The summed E-state index contributed by atoms with van der Waals surface area (Å²) < 4.78 is 2.15. The van der Waals surface area contributed by atoms with Crippen LogP contribution in [-0.2, 0) is 6.54 Å². The van der Waals surface area contributed by atoms with Crippen LogP contribution >= 0.6 is 0 Å². The van der Waals surface area contributed by atoms with Gasteiger partial charge in [-0.25, -0.2) is 0 Å². The van der Waals surface area contributed by atoms with E-state index in [4.69, 9.17) is 5.10 Å². The molecular weight excluding hydrogens is 248 g/mol. The predicted molar refractivity (Wildman–Crippen MR) is 83.8 cm³/mol. The van der Waals surface area contributed by atoms with Crippen LogP contribution in [0.1, 0.15) is 58.2 Å². The van der Waals surface area contributed by atoms with Gasteiger partial charge in [-0.1, -0.05) is 20.8 Å². The fraction of sp³-hybridized carbons (Fsp3) is 0.812. The van der Waals surface area contributed by atoms with Crippen molar-refractivity contribution in [1.29, 1.82) is 0 Å². The number of rotatable bonds is 7. The molecule has 4 nitrogen and oxygen atoms in total. The summed E-state index contributed by atoms with van der Waals surface area (Å²) in [4.78, 5) is 2.54. The Morgan fingerprint density at radius 1 is 1.35 bits per heavy atom. The Bertz CT molecular complexity index is 382. The number of aromatic nitrogens is 2. The van der Waals surface area contributed by atoms with Gasteiger partial charge in [-0.2, -0.15) is 5.10 Å². The van der Waals surface area contributed by atoms with Crippen LogP contribution < -0.4 is 5.32 Å². The van der Waals surface area contributed by atoms with E-state index in [1.165, 1.54) is 25.1 Å². The largest absolute Gasteiger partial charge is 0.313 e. The second-order valence-corrected chi connectivity index (χ2v) is 5.89. The van der Waals surface area contributed by atoms with Gasteiger partial charge < -0.3 is 5.32 Å². The van der Waals surface area contributed by atoms with Gasteiger partial charge in [0.15, 0.2) is 0 Å². The quantitative estimate of drug-likeness (QED) is 0.832. The number of nitrogens with one attached hydrogen (secondary N) is 1. The maximum atomic E-state index is 4.77. The molecule has 114 valence electrons. The molecule has 0 bridgehead atoms. The third-order valence-electron chi connectivity index (χ3n) is 4.36. The van der Waals surface area contributed by atoms with Crippen LogP contribution in [0.4, 0.5) is 0 Å². The SMILES string of the molecule is CCNC1CCCN(Cc2ccn(C(CC)CC)n2)C1. The fourth-order valence-corrected chi connectivity index (χ4v) is 3.21. The van der Waals surface area contributed by atoms with Crippen molar-refractivity contribution in [3.8, 4) is 0 Å². The monoisotopic (exact) mass is 278 g/mol. The first-order chi connectivity index (χ1) is 9.76. The lowest BCUT2D eigenvalue weighted by molar-refractivity contribution is 0.182. The molecule has 1 saturated heterocycles. The first-order valence-electron chi connectivity index (χ1n) is 8.26. The molecule has 1 fully saturated rings. The first kappa shape index (κ1) is 15.5. The van der Waals surface area contributed by atoms with E-state index in [0.29, 0.717) is 12.1 Å². The Morgan fingerprint density at radius 2 is 2.15 bits per heavy atom. The van der Waals surface area contributed by atoms with E-state index >= 15 is 0 Å². The fourth-order valence-electron chi connectivity index (χ4n) is 3.21. The molecule has 2 rings (SSSR count). The number of hydrogen-bond donors (Lipinski definition) is 1. The van der Waals surface area contributed by atoms with E-state index in [0.717, 1.165) is 32.5 Å². The van der Waals surface area contributed by atoms with Gasteiger partial charge in [0.2, 0.25) is 0 Å². The predicted octanol–water partition coefficient (Wildman–Crippen LogP) is 2.82. The minimum absolute atomic E-state index is 0.555. The van der Waals surface area contributed by atoms with Crippen LogP contribution in [0.15, 0.2) is 12.3 Å². The smallest absolute Gasteiger partial charge is 0.0764 e. The van der Waals surface area contributed by atoms with Gasteiger partial charge in [-0.15, -0.1) is 0 Å². The van der Waals surface area contributed by atoms with Crippen LogP contribution in [0.25, 0.3) is 0 Å². The minimum Gasteiger partial charge on any atom is -0.313 e. The molecule has 1 aromatic rings. The molecule has 0 saturated carbocycles. The zero-order valence-corrected chi connectivity index (χ0v) is 13.3. The van der Waals surface area contributed by atoms with Crippen LogP contribution in [-0.4, -0.2) is 40.4 Å². The lowest BCUT2D eigenvalue weighted by atomic mass is 10.1. The summed E-state index contributed by atoms with van der Waals surface area (Å²) in [5.74, 6) is 0. The van der Waals surface area contributed by atoms with Crippen molar-refractivity contribution in [2.24, 2.45) is 0 Å². The van der Waals surface area contributed by atoms with Crippen molar-refractivity contribution < 1.29 is 0 Å². The summed E-state index contributed by atoms with van der Waals surface area (Å²) in [5.41, 5.74) is 1.22. The Morgan fingerprint density at radius 3 is 2.85 bits per heavy atom. The van der Waals surface area contributed by atoms with Crippen LogP contribution in [0, 0.1) is 0 Å². The molecule has 0 amide bonds. The molecule has 1 aromatic heterocycles. The molecule has 0 radical (unpaired) electrons. The van der Waals surface area contributed by atoms with Crippen molar-refractivity contribution in [2.45, 2.75) is 65.1 Å². The first-order valence-corrected chi connectivity index (χ1v) is 8.26. The second kappa shape index (κ2) is 7.79. The van der Waals surface area contributed by atoms with E-state index in [-0.39, 0.29) is 0 Å². The van der Waals surface area contributed by atoms with Crippen LogP contribution in [0.3, 0.4) is 0 Å². The van der Waals surface area contributed by atoms with E-state index < -0.39 is 0 Å². The van der Waals surface area contributed by atoms with E-state index in [2.05, 4.69) is 47.9 Å². The average molecular weight is 278 g/mol. The zero-order chi connectivity index (χ0) is 14.4. The van der Waals surface area contributed by atoms with Crippen molar-refractivity contribution in [3.05, 3.63) is 18.0 Å². The Hall–Kier alpha value is -0.870. The van der Waals surface area contributed by atoms with Crippen molar-refractivity contribution in [2.75, 3.05) is 19.6 Å². The highest BCUT2D eigenvalue weighted by Gasteiger charge is 2.19. The zero-order valence-electron chi connectivity index (χ0n) is 13.3. The maximum Gasteiger partial charge on any atom is 0.0764 e. The summed E-state index contributed by atoms with van der Waals surface area (Å²) in [7, 11) is 0. The third-order valence-corrected chi connectivity index (χ3v) is 4.36. The van der Waals surface area contributed by atoms with Gasteiger partial charge in [-0.05, 0) is 44.8 Å². The molecule has 1 atom stereocenters. The summed E-state index contributed by atoms with van der Waals surface area (Å²) in [6.45, 7) is 11.1. The maximum absolute atomic E-state index is 4.77. The summed E-state index contributed by atoms with van der Waals surface area (Å²) in [6.07, 6.45) is 7.07. The molecule has 1 aliphatic heterocycles. The summed E-state index contributed by atoms with van der Waals surface area (Å²) in [5, 5.41) is 8.35. The second-order valence-electron chi connectivity index (χ2n) is 5.89. The summed E-state index contributed by atoms with van der Waals surface area (Å²) in [6, 6.07) is 3.41. The highest BCUT2D eigenvalue weighted by Crippen LogP contribution is 2.17. The number of piperidine rings is 1. The minimum atomic E-state index is 0.555. The number of nitrogens with zero attached hydrogens (tertiary/aromatic N) is 3. The topological polar surface area (TPSA) is 33.1 Å². The van der Waals surface area contributed by atoms with Gasteiger partial charge in [0, 0.05) is 25.3 Å². The van der Waals surface area contributed by atoms with Gasteiger partial charge in [0.1, 0.15) is 0 Å². The molecule has 20 heavy (non-hydrogen) atoms. The van der Waals surface area contributed by atoms with Crippen molar-refractivity contribution >= 4 is 0 Å². The van der Waals surface area contributed by atoms with Gasteiger partial charge in [-0.3, -0.25) is 9.58 Å². The van der Waals surface area contributed by atoms with Crippen molar-refractivity contribution in [3.63, 3.8) is 0 Å². The van der Waals surface area contributed by atoms with Crippen molar-refractivity contribution in [1.82, 2.24) is 20.0 Å². The number of likely N-dealkylation sites (N-methyl/N-ethyl adjacent to an activating group) is 1. The highest BCUT2D eigenvalue weighted by atomic mass is 15.3. The lowest BCUT2D eigenvalue weighted by Gasteiger charge is -2.32. The standard InChI is InChI=1S/C16H30N4/c1-4-16(5-2)20-11-9-15(18-20)13-19-10-7-8-14(12-19)17-6-3/h9,11,14,16-17H,4-8,10,12-13H2,1-3H3. The molecular formula is C16H30N4. The summed E-state index contributed by atoms with van der Waals surface area (Å²) >= 11 is 0. The lowest BCUT2D eigenvalue weighted by Crippen LogP contribution is -2.45. The van der Waals surface area contributed by atoms with Crippen LogP contribution in [0.5, 0.6) is 0 Å². The molecule has 0 spiro atoms. The van der Waals surface area contributed by atoms with E-state index in [1.807, 2.05) is 0 Å². The molecule has 1 aliphatic rings. The molecule has 0 aliphatic carbocycles. The Balaban J connectivity index is 1.89. The Kier molecular flexibility index (Phi) is 6.05. The van der Waals surface area contributed by atoms with Gasteiger partial charge in [0.25, 0.3) is 0 Å². The molecule has 2 heterocycles. The molecule has 0 aromatic carbocycles. The number of likely N-dealkylation sites (tertiary alicyclic amines) is 1.